The zero-order valence-electron chi connectivity index (χ0n) is 10.4. The van der Waals surface area contributed by atoms with Gasteiger partial charge in [0.2, 0.25) is 0 Å². The van der Waals surface area contributed by atoms with E-state index in [1.54, 1.807) is 19.2 Å². The third-order valence-electron chi connectivity index (χ3n) is 2.11. The van der Waals surface area contributed by atoms with Crippen LogP contribution in [0.15, 0.2) is 29.3 Å². The van der Waals surface area contributed by atoms with Crippen molar-refractivity contribution >= 4 is 21.5 Å². The van der Waals surface area contributed by atoms with Crippen LogP contribution in [0.4, 0.5) is 5.69 Å². The molecule has 7 heteroatoms. The Balaban J connectivity index is 2.64. The van der Waals surface area contributed by atoms with Crippen LogP contribution in [0.2, 0.25) is 0 Å². The Morgan fingerprint density at radius 3 is 2.72 bits per heavy atom. The van der Waals surface area contributed by atoms with Crippen molar-refractivity contribution in [2.45, 2.75) is 0 Å². The van der Waals surface area contributed by atoms with Crippen LogP contribution in [-0.2, 0) is 9.84 Å². The molecule has 0 aliphatic rings. The molecule has 1 rings (SSSR count). The summed E-state index contributed by atoms with van der Waals surface area (Å²) in [6.07, 6.45) is 1.16. The number of nitrogens with two attached hydrogens (primary N) is 1. The summed E-state index contributed by atoms with van der Waals surface area (Å²) in [7, 11) is -1.47. The lowest BCUT2D eigenvalue weighted by Gasteiger charge is -2.09. The molecule has 0 saturated carbocycles. The lowest BCUT2D eigenvalue weighted by atomic mass is 10.3. The molecule has 0 heterocycles. The molecule has 6 nitrogen and oxygen atoms in total. The van der Waals surface area contributed by atoms with Gasteiger partial charge in [-0.2, -0.15) is 0 Å². The van der Waals surface area contributed by atoms with Gasteiger partial charge >= 0.3 is 0 Å². The smallest absolute Gasteiger partial charge is 0.193 e. The second kappa shape index (κ2) is 6.25. The van der Waals surface area contributed by atoms with Crippen molar-refractivity contribution in [1.82, 2.24) is 0 Å². The molecule has 100 valence electrons. The average Bonchev–Trinajstić information content (AvgIpc) is 2.28. The summed E-state index contributed by atoms with van der Waals surface area (Å²) < 4.78 is 27.0. The number of hydrogen-bond donors (Lipinski definition) is 2. The van der Waals surface area contributed by atoms with E-state index in [1.807, 2.05) is 12.1 Å². The number of nitrogens with one attached hydrogen (secondary N) is 1. The topological polar surface area (TPSA) is 93.8 Å². The van der Waals surface area contributed by atoms with Crippen LogP contribution in [0.5, 0.6) is 5.75 Å². The van der Waals surface area contributed by atoms with Crippen LogP contribution >= 0.6 is 0 Å². The molecule has 0 spiro atoms. The Morgan fingerprint density at radius 2 is 2.11 bits per heavy atom. The summed E-state index contributed by atoms with van der Waals surface area (Å²) in [5.41, 5.74) is 6.33. The summed E-state index contributed by atoms with van der Waals surface area (Å²) in [5, 5.41) is 2.86. The number of rotatable bonds is 5. The molecular weight excluding hydrogens is 254 g/mol. The molecule has 3 N–H and O–H groups in total. The number of aliphatic imine (C=N–C) groups is 1. The van der Waals surface area contributed by atoms with Gasteiger partial charge in [-0.15, -0.1) is 0 Å². The second-order valence-corrected chi connectivity index (χ2v) is 5.98. The third-order valence-corrected chi connectivity index (χ3v) is 3.04. The highest BCUT2D eigenvalue weighted by Gasteiger charge is 2.03. The zero-order valence-corrected chi connectivity index (χ0v) is 11.2. The number of nitrogens with zero attached hydrogens (tertiary/aromatic N) is 1. The van der Waals surface area contributed by atoms with Crippen LogP contribution in [0.25, 0.3) is 0 Å². The van der Waals surface area contributed by atoms with E-state index in [9.17, 15) is 8.42 Å². The van der Waals surface area contributed by atoms with Gasteiger partial charge in [-0.3, -0.25) is 4.99 Å². The number of para-hydroxylation sites is 2. The Kier molecular flexibility index (Phi) is 4.96. The highest BCUT2D eigenvalue weighted by molar-refractivity contribution is 7.90. The Hall–Kier alpha value is -1.76. The largest absolute Gasteiger partial charge is 0.495 e. The van der Waals surface area contributed by atoms with Gasteiger partial charge in [0.05, 0.1) is 25.1 Å². The van der Waals surface area contributed by atoms with E-state index < -0.39 is 9.84 Å². The van der Waals surface area contributed by atoms with Crippen LogP contribution in [-0.4, -0.2) is 40.0 Å². The van der Waals surface area contributed by atoms with Gasteiger partial charge in [-0.05, 0) is 12.1 Å². The van der Waals surface area contributed by atoms with E-state index in [2.05, 4.69) is 10.3 Å². The van der Waals surface area contributed by atoms with Gasteiger partial charge in [0, 0.05) is 6.26 Å². The van der Waals surface area contributed by atoms with E-state index in [4.69, 9.17) is 10.5 Å². The van der Waals surface area contributed by atoms with E-state index in [-0.39, 0.29) is 18.3 Å². The molecule has 18 heavy (non-hydrogen) atoms. The average molecular weight is 271 g/mol. The molecule has 0 aliphatic heterocycles. The van der Waals surface area contributed by atoms with Gasteiger partial charge in [-0.25, -0.2) is 8.42 Å². The minimum atomic E-state index is -3.02. The van der Waals surface area contributed by atoms with Crippen molar-refractivity contribution in [3.63, 3.8) is 0 Å². The third kappa shape index (κ3) is 5.05. The highest BCUT2D eigenvalue weighted by atomic mass is 32.2. The fourth-order valence-corrected chi connectivity index (χ4v) is 1.68. The van der Waals surface area contributed by atoms with Crippen molar-refractivity contribution < 1.29 is 13.2 Å². The molecule has 0 unspecified atom stereocenters. The molecule has 0 aromatic heterocycles. The number of anilines is 1. The number of ether oxygens (including phenoxy) is 1. The Morgan fingerprint density at radius 1 is 1.44 bits per heavy atom. The van der Waals surface area contributed by atoms with Crippen molar-refractivity contribution in [1.29, 1.82) is 0 Å². The standard InChI is InChI=1S/C11H17N3O3S/c1-17-10-6-4-3-5-9(10)14-11(12)13-7-8-18(2,15)16/h3-6H,7-8H2,1-2H3,(H3,12,13,14). The first-order chi connectivity index (χ1) is 8.42. The summed E-state index contributed by atoms with van der Waals surface area (Å²) >= 11 is 0. The quantitative estimate of drug-likeness (QED) is 0.599. The molecule has 0 saturated heterocycles. The van der Waals surface area contributed by atoms with Crippen LogP contribution in [0.1, 0.15) is 0 Å². The van der Waals surface area contributed by atoms with Gasteiger partial charge in [0.1, 0.15) is 15.6 Å². The maximum atomic E-state index is 10.9. The van der Waals surface area contributed by atoms with Gasteiger partial charge in [0.25, 0.3) is 0 Å². The maximum Gasteiger partial charge on any atom is 0.193 e. The lowest BCUT2D eigenvalue weighted by molar-refractivity contribution is 0.417. The second-order valence-electron chi connectivity index (χ2n) is 3.72. The molecule has 0 atom stereocenters. The Bertz CT molecular complexity index is 526. The monoisotopic (exact) mass is 271 g/mol. The molecule has 0 bridgehead atoms. The predicted molar refractivity (Wildman–Crippen MR) is 72.8 cm³/mol. The fraction of sp³-hybridized carbons (Fsp3) is 0.364. The molecule has 0 amide bonds. The summed E-state index contributed by atoms with van der Waals surface area (Å²) in [6.45, 7) is 0.132. The first kappa shape index (κ1) is 14.3. The SMILES string of the molecule is COc1ccccc1NC(N)=NCCS(C)(=O)=O. The van der Waals surface area contributed by atoms with Crippen molar-refractivity contribution in [2.24, 2.45) is 10.7 Å². The van der Waals surface area contributed by atoms with E-state index in [1.165, 1.54) is 0 Å². The maximum absolute atomic E-state index is 10.9. The molecule has 0 fully saturated rings. The van der Waals surface area contributed by atoms with Crippen LogP contribution < -0.4 is 15.8 Å². The van der Waals surface area contributed by atoms with Crippen LogP contribution in [0, 0.1) is 0 Å². The minimum Gasteiger partial charge on any atom is -0.495 e. The zero-order chi connectivity index (χ0) is 13.6. The Labute approximate surface area is 107 Å². The molecule has 1 aromatic rings. The highest BCUT2D eigenvalue weighted by Crippen LogP contribution is 2.22. The predicted octanol–water partition coefficient (Wildman–Crippen LogP) is 0.466. The van der Waals surface area contributed by atoms with Crippen LogP contribution in [0.3, 0.4) is 0 Å². The van der Waals surface area contributed by atoms with Gasteiger partial charge in [0.15, 0.2) is 5.96 Å². The van der Waals surface area contributed by atoms with Gasteiger partial charge < -0.3 is 15.8 Å². The fourth-order valence-electron chi connectivity index (χ4n) is 1.26. The lowest BCUT2D eigenvalue weighted by Crippen LogP contribution is -2.24. The number of sulfone groups is 1. The summed E-state index contributed by atoms with van der Waals surface area (Å²) in [4.78, 5) is 3.93. The first-order valence-corrected chi connectivity index (χ1v) is 7.36. The minimum absolute atomic E-state index is 0.0265. The normalized spacial score (nSPS) is 12.2. The number of benzene rings is 1. The number of guanidine groups is 1. The molecule has 1 aromatic carbocycles. The van der Waals surface area contributed by atoms with E-state index in [0.717, 1.165) is 6.26 Å². The van der Waals surface area contributed by atoms with E-state index in [0.29, 0.717) is 11.4 Å². The number of hydrogen-bond acceptors (Lipinski definition) is 4. The summed E-state index contributed by atoms with van der Waals surface area (Å²) in [6, 6.07) is 7.24. The van der Waals surface area contributed by atoms with E-state index >= 15 is 0 Å². The molecule has 0 aliphatic carbocycles. The van der Waals surface area contributed by atoms with Gasteiger partial charge in [-0.1, -0.05) is 12.1 Å². The number of methoxy groups -OCH3 is 1. The molecular formula is C11H17N3O3S. The van der Waals surface area contributed by atoms with Crippen molar-refractivity contribution in [2.75, 3.05) is 31.0 Å². The molecule has 0 radical (unpaired) electrons. The first-order valence-electron chi connectivity index (χ1n) is 5.30. The summed E-state index contributed by atoms with van der Waals surface area (Å²) in [5.74, 6) is 0.767. The van der Waals surface area contributed by atoms with Crippen molar-refractivity contribution in [3.05, 3.63) is 24.3 Å². The van der Waals surface area contributed by atoms with Crippen molar-refractivity contribution in [3.8, 4) is 5.75 Å².